The lowest BCUT2D eigenvalue weighted by atomic mass is 10.2. The largest absolute Gasteiger partial charge is 0.495 e. The van der Waals surface area contributed by atoms with E-state index in [1.165, 1.54) is 23.5 Å². The molecule has 1 atom stereocenters. The van der Waals surface area contributed by atoms with Gasteiger partial charge in [0, 0.05) is 18.1 Å². The maximum Gasteiger partial charge on any atom is 0.228 e. The summed E-state index contributed by atoms with van der Waals surface area (Å²) in [6.07, 6.45) is 1.94. The molecule has 0 saturated carbocycles. The number of carbonyl (C=O) groups is 1. The van der Waals surface area contributed by atoms with Gasteiger partial charge in [0.05, 0.1) is 37.5 Å². The number of methoxy groups -OCH3 is 2. The Labute approximate surface area is 213 Å². The van der Waals surface area contributed by atoms with Gasteiger partial charge in [0.15, 0.2) is 15.0 Å². The van der Waals surface area contributed by atoms with Crippen molar-refractivity contribution in [3.05, 3.63) is 41.4 Å². The van der Waals surface area contributed by atoms with Crippen LogP contribution in [0.15, 0.2) is 41.3 Å². The van der Waals surface area contributed by atoms with Crippen molar-refractivity contribution in [2.45, 2.75) is 36.7 Å². The second-order valence-electron chi connectivity index (χ2n) is 8.16. The summed E-state index contributed by atoms with van der Waals surface area (Å²) in [5.74, 6) is 0.879. The summed E-state index contributed by atoms with van der Waals surface area (Å²) >= 11 is 7.20. The minimum absolute atomic E-state index is 0.0593. The van der Waals surface area contributed by atoms with E-state index < -0.39 is 9.84 Å². The van der Waals surface area contributed by atoms with E-state index in [9.17, 15) is 13.2 Å². The number of nitrogens with zero attached hydrogens (tertiary/aromatic N) is 2. The molecule has 188 valence electrons. The number of halogens is 1. The molecule has 0 N–H and O–H groups in total. The van der Waals surface area contributed by atoms with E-state index in [4.69, 9.17) is 30.8 Å². The van der Waals surface area contributed by atoms with Crippen molar-refractivity contribution in [3.63, 3.8) is 0 Å². The number of hydrogen-bond acceptors (Lipinski definition) is 8. The number of amides is 1. The lowest BCUT2D eigenvalue weighted by molar-refractivity contribution is -0.119. The molecular weight excluding hydrogens is 512 g/mol. The molecule has 1 saturated heterocycles. The summed E-state index contributed by atoms with van der Waals surface area (Å²) in [7, 11) is -0.378. The minimum atomic E-state index is -3.52. The maximum atomic E-state index is 13.3. The number of rotatable bonds is 10. The van der Waals surface area contributed by atoms with Gasteiger partial charge in [-0.3, -0.25) is 9.69 Å². The molecule has 1 amide bonds. The van der Waals surface area contributed by atoms with E-state index in [0.29, 0.717) is 40.3 Å². The molecule has 0 radical (unpaired) electrons. The van der Waals surface area contributed by atoms with Gasteiger partial charge in [0.2, 0.25) is 5.91 Å². The number of anilines is 1. The fourth-order valence-corrected chi connectivity index (χ4v) is 6.51. The van der Waals surface area contributed by atoms with Crippen LogP contribution in [-0.4, -0.2) is 58.5 Å². The minimum Gasteiger partial charge on any atom is -0.495 e. The zero-order valence-corrected chi connectivity index (χ0v) is 21.9. The third kappa shape index (κ3) is 5.88. The topological polar surface area (TPSA) is 95.0 Å². The molecule has 1 fully saturated rings. The first-order valence-corrected chi connectivity index (χ1v) is 14.1. The molecule has 1 aliphatic rings. The van der Waals surface area contributed by atoms with E-state index in [2.05, 4.69) is 0 Å². The lowest BCUT2D eigenvalue weighted by Crippen LogP contribution is -2.37. The van der Waals surface area contributed by atoms with Gasteiger partial charge in [-0.05, 0) is 55.7 Å². The van der Waals surface area contributed by atoms with Crippen molar-refractivity contribution in [2.24, 2.45) is 0 Å². The van der Waals surface area contributed by atoms with Gasteiger partial charge in [-0.15, -0.1) is 0 Å². The van der Waals surface area contributed by atoms with Crippen molar-refractivity contribution in [1.82, 2.24) is 4.98 Å². The van der Waals surface area contributed by atoms with Crippen LogP contribution in [0.2, 0.25) is 5.02 Å². The molecule has 4 rings (SSSR count). The number of benzene rings is 2. The zero-order valence-electron chi connectivity index (χ0n) is 19.5. The quantitative estimate of drug-likeness (QED) is 0.368. The molecule has 1 aliphatic heterocycles. The summed E-state index contributed by atoms with van der Waals surface area (Å²) in [6, 6.07) is 9.61. The number of thiazole rings is 1. The van der Waals surface area contributed by atoms with Gasteiger partial charge in [-0.2, -0.15) is 0 Å². The van der Waals surface area contributed by atoms with Gasteiger partial charge in [-0.25, -0.2) is 13.4 Å². The Balaban J connectivity index is 1.54. The predicted molar refractivity (Wildman–Crippen MR) is 137 cm³/mol. The molecule has 2 aromatic carbocycles. The normalized spacial score (nSPS) is 15.9. The van der Waals surface area contributed by atoms with Crippen molar-refractivity contribution in [1.29, 1.82) is 0 Å². The van der Waals surface area contributed by atoms with Gasteiger partial charge >= 0.3 is 0 Å². The van der Waals surface area contributed by atoms with Crippen LogP contribution in [0.3, 0.4) is 0 Å². The van der Waals surface area contributed by atoms with Crippen LogP contribution in [0.25, 0.3) is 10.2 Å². The van der Waals surface area contributed by atoms with Gasteiger partial charge < -0.3 is 14.2 Å². The highest BCUT2D eigenvalue weighted by Crippen LogP contribution is 2.40. The van der Waals surface area contributed by atoms with Crippen LogP contribution in [0.1, 0.15) is 25.7 Å². The summed E-state index contributed by atoms with van der Waals surface area (Å²) in [6.45, 7) is 1.01. The molecule has 0 spiro atoms. The Morgan fingerprint density at radius 1 is 1.17 bits per heavy atom. The first-order chi connectivity index (χ1) is 16.8. The van der Waals surface area contributed by atoms with Gasteiger partial charge in [0.25, 0.3) is 0 Å². The average molecular weight is 539 g/mol. The Hall–Kier alpha value is -2.40. The second-order valence-corrected chi connectivity index (χ2v) is 11.7. The van der Waals surface area contributed by atoms with Crippen LogP contribution >= 0.6 is 22.9 Å². The third-order valence-corrected chi connectivity index (χ3v) is 8.98. The van der Waals surface area contributed by atoms with Crippen LogP contribution in [0, 0.1) is 0 Å². The van der Waals surface area contributed by atoms with Crippen molar-refractivity contribution in [2.75, 3.05) is 38.0 Å². The van der Waals surface area contributed by atoms with Crippen LogP contribution in [0.5, 0.6) is 11.5 Å². The van der Waals surface area contributed by atoms with E-state index in [0.717, 1.165) is 17.5 Å². The molecular formula is C24H27ClN2O6S2. The Bertz CT molecular complexity index is 1250. The number of carbonyl (C=O) groups excluding carboxylic acids is 1. The third-order valence-electron chi connectivity index (χ3n) is 5.82. The van der Waals surface area contributed by atoms with Crippen molar-refractivity contribution < 1.29 is 27.4 Å². The molecule has 1 aromatic heterocycles. The number of hydrogen-bond donors (Lipinski definition) is 0. The number of aromatic nitrogens is 1. The first kappa shape index (κ1) is 25.7. The molecule has 0 bridgehead atoms. The van der Waals surface area contributed by atoms with E-state index in [-0.39, 0.29) is 35.5 Å². The monoisotopic (exact) mass is 538 g/mol. The highest BCUT2D eigenvalue weighted by Gasteiger charge is 2.27. The SMILES string of the molecule is COc1ccc(OC)c2sc(N(CC3CCCO3)C(=O)CCCS(=O)(=O)c3ccc(Cl)cc3)nc12. The molecule has 3 aromatic rings. The van der Waals surface area contributed by atoms with Gasteiger partial charge in [-0.1, -0.05) is 22.9 Å². The Morgan fingerprint density at radius 2 is 1.89 bits per heavy atom. The first-order valence-electron chi connectivity index (χ1n) is 11.2. The van der Waals surface area contributed by atoms with Crippen LogP contribution < -0.4 is 14.4 Å². The molecule has 0 aliphatic carbocycles. The smallest absolute Gasteiger partial charge is 0.228 e. The summed E-state index contributed by atoms with van der Waals surface area (Å²) < 4.78 is 42.8. The number of sulfone groups is 1. The van der Waals surface area contributed by atoms with E-state index in [1.54, 1.807) is 43.4 Å². The molecule has 1 unspecified atom stereocenters. The molecule has 8 nitrogen and oxygen atoms in total. The second kappa shape index (κ2) is 11.1. The maximum absolute atomic E-state index is 13.3. The fraction of sp³-hybridized carbons (Fsp3) is 0.417. The highest BCUT2D eigenvalue weighted by molar-refractivity contribution is 7.91. The van der Waals surface area contributed by atoms with Crippen LogP contribution in [0.4, 0.5) is 5.13 Å². The standard InChI is InChI=1S/C24H27ClN2O6S2/c1-31-19-11-12-20(32-2)23-22(19)26-24(34-23)27(15-17-5-3-13-33-17)21(28)6-4-14-35(29,30)18-9-7-16(25)8-10-18/h7-12,17H,3-6,13-15H2,1-2H3. The average Bonchev–Trinajstić information content (AvgIpc) is 3.52. The Kier molecular flexibility index (Phi) is 8.16. The van der Waals surface area contributed by atoms with E-state index in [1.807, 2.05) is 0 Å². The number of ether oxygens (including phenoxy) is 3. The summed E-state index contributed by atoms with van der Waals surface area (Å²) in [5, 5.41) is 0.969. The van der Waals surface area contributed by atoms with Gasteiger partial charge in [0.1, 0.15) is 21.7 Å². The zero-order chi connectivity index (χ0) is 25.0. The highest BCUT2D eigenvalue weighted by atomic mass is 35.5. The molecule has 35 heavy (non-hydrogen) atoms. The van der Waals surface area contributed by atoms with Crippen molar-refractivity contribution >= 4 is 54.0 Å². The predicted octanol–water partition coefficient (Wildman–Crippen LogP) is 4.73. The molecule has 11 heteroatoms. The fourth-order valence-electron chi connectivity index (χ4n) is 3.98. The summed E-state index contributed by atoms with van der Waals surface area (Å²) in [4.78, 5) is 19.8. The van der Waals surface area contributed by atoms with Crippen molar-refractivity contribution in [3.8, 4) is 11.5 Å². The Morgan fingerprint density at radius 3 is 2.54 bits per heavy atom. The summed E-state index contributed by atoms with van der Waals surface area (Å²) in [5.41, 5.74) is 0.613. The molecule has 2 heterocycles. The number of fused-ring (bicyclic) bond motifs is 1. The van der Waals surface area contributed by atoms with E-state index >= 15 is 0 Å². The van der Waals surface area contributed by atoms with Crippen LogP contribution in [-0.2, 0) is 19.4 Å². The lowest BCUT2D eigenvalue weighted by Gasteiger charge is -2.23.